The normalized spacial score (nSPS) is 12.2. The van der Waals surface area contributed by atoms with E-state index in [4.69, 9.17) is 27.9 Å². The Morgan fingerprint density at radius 2 is 1.84 bits per heavy atom. The maximum absolute atomic E-state index is 10.3. The first-order chi connectivity index (χ1) is 9.11. The van der Waals surface area contributed by atoms with Crippen molar-refractivity contribution in [2.45, 2.75) is 12.5 Å². The predicted molar refractivity (Wildman–Crippen MR) is 78.1 cm³/mol. The Kier molecular flexibility index (Phi) is 4.70. The Hall–Kier alpha value is -1.22. The minimum atomic E-state index is -0.647. The Labute approximate surface area is 122 Å². The molecular weight excluding hydrogens is 283 g/mol. The standard InChI is InChI=1S/C15H14Cl2O2/c1-19-15-9-11(6-7-13(15)17)14(18)8-10-4-2-3-5-12(10)16/h2-7,9,14,18H,8H2,1H3. The molecule has 2 rings (SSSR count). The molecule has 0 saturated heterocycles. The Balaban J connectivity index is 2.20. The number of aliphatic hydroxyl groups excluding tert-OH is 1. The summed E-state index contributed by atoms with van der Waals surface area (Å²) in [7, 11) is 1.55. The molecule has 0 fully saturated rings. The third kappa shape index (κ3) is 3.41. The van der Waals surface area contributed by atoms with Crippen LogP contribution in [0.4, 0.5) is 0 Å². The van der Waals surface area contributed by atoms with Crippen molar-refractivity contribution in [2.24, 2.45) is 0 Å². The van der Waals surface area contributed by atoms with Gasteiger partial charge in [-0.25, -0.2) is 0 Å². The van der Waals surface area contributed by atoms with Crippen LogP contribution in [0, 0.1) is 0 Å². The summed E-state index contributed by atoms with van der Waals surface area (Å²) in [6, 6.07) is 12.7. The minimum absolute atomic E-state index is 0.449. The number of halogens is 2. The van der Waals surface area contributed by atoms with E-state index in [1.807, 2.05) is 24.3 Å². The fourth-order valence-electron chi connectivity index (χ4n) is 1.87. The molecule has 0 aliphatic heterocycles. The Bertz CT molecular complexity index is 570. The molecule has 0 aromatic heterocycles. The van der Waals surface area contributed by atoms with E-state index in [-0.39, 0.29) is 0 Å². The molecule has 2 nitrogen and oxygen atoms in total. The van der Waals surface area contributed by atoms with Crippen molar-refractivity contribution in [1.82, 2.24) is 0 Å². The molecule has 1 atom stereocenters. The maximum atomic E-state index is 10.3. The first kappa shape index (κ1) is 14.2. The van der Waals surface area contributed by atoms with Crippen LogP contribution in [-0.4, -0.2) is 12.2 Å². The van der Waals surface area contributed by atoms with Gasteiger partial charge >= 0.3 is 0 Å². The van der Waals surface area contributed by atoms with E-state index in [2.05, 4.69) is 0 Å². The minimum Gasteiger partial charge on any atom is -0.495 e. The number of hydrogen-bond donors (Lipinski definition) is 1. The summed E-state index contributed by atoms with van der Waals surface area (Å²) >= 11 is 12.0. The molecule has 1 N–H and O–H groups in total. The topological polar surface area (TPSA) is 29.5 Å². The van der Waals surface area contributed by atoms with Gasteiger partial charge in [-0.05, 0) is 29.3 Å². The highest BCUT2D eigenvalue weighted by molar-refractivity contribution is 6.32. The molecule has 1 unspecified atom stereocenters. The maximum Gasteiger partial charge on any atom is 0.137 e. The molecule has 0 spiro atoms. The zero-order valence-corrected chi connectivity index (χ0v) is 11.9. The van der Waals surface area contributed by atoms with Crippen molar-refractivity contribution < 1.29 is 9.84 Å². The Morgan fingerprint density at radius 3 is 2.53 bits per heavy atom. The molecule has 0 bridgehead atoms. The summed E-state index contributed by atoms with van der Waals surface area (Å²) in [4.78, 5) is 0. The first-order valence-corrected chi connectivity index (χ1v) is 6.62. The van der Waals surface area contributed by atoms with Crippen LogP contribution in [0.15, 0.2) is 42.5 Å². The van der Waals surface area contributed by atoms with Crippen LogP contribution in [0.5, 0.6) is 5.75 Å². The van der Waals surface area contributed by atoms with Crippen molar-refractivity contribution in [3.05, 3.63) is 63.6 Å². The zero-order chi connectivity index (χ0) is 13.8. The van der Waals surface area contributed by atoms with Gasteiger partial charge in [-0.1, -0.05) is 47.5 Å². The van der Waals surface area contributed by atoms with Crippen LogP contribution in [0.25, 0.3) is 0 Å². The second kappa shape index (κ2) is 6.29. The van der Waals surface area contributed by atoms with Gasteiger partial charge in [0.2, 0.25) is 0 Å². The van der Waals surface area contributed by atoms with E-state index in [0.29, 0.717) is 22.2 Å². The molecule has 2 aromatic carbocycles. The number of methoxy groups -OCH3 is 1. The van der Waals surface area contributed by atoms with Crippen LogP contribution in [0.2, 0.25) is 10.0 Å². The number of rotatable bonds is 4. The largest absolute Gasteiger partial charge is 0.495 e. The van der Waals surface area contributed by atoms with Crippen molar-refractivity contribution in [1.29, 1.82) is 0 Å². The van der Waals surface area contributed by atoms with Crippen LogP contribution in [0.1, 0.15) is 17.2 Å². The third-order valence-electron chi connectivity index (χ3n) is 2.93. The summed E-state index contributed by atoms with van der Waals surface area (Å²) in [6.45, 7) is 0. The highest BCUT2D eigenvalue weighted by Gasteiger charge is 2.12. The first-order valence-electron chi connectivity index (χ1n) is 5.86. The zero-order valence-electron chi connectivity index (χ0n) is 10.4. The summed E-state index contributed by atoms with van der Waals surface area (Å²) in [5, 5.41) is 11.4. The van der Waals surface area contributed by atoms with Gasteiger partial charge in [0.1, 0.15) is 5.75 Å². The molecule has 0 aliphatic carbocycles. The van der Waals surface area contributed by atoms with E-state index in [1.54, 1.807) is 25.3 Å². The summed E-state index contributed by atoms with van der Waals surface area (Å²) < 4.78 is 5.14. The van der Waals surface area contributed by atoms with E-state index in [9.17, 15) is 5.11 Å². The van der Waals surface area contributed by atoms with Gasteiger partial charge < -0.3 is 9.84 Å². The van der Waals surface area contributed by atoms with Gasteiger partial charge in [0.15, 0.2) is 0 Å². The average molecular weight is 297 g/mol. The lowest BCUT2D eigenvalue weighted by atomic mass is 10.0. The number of aliphatic hydroxyl groups is 1. The molecule has 0 aliphatic rings. The van der Waals surface area contributed by atoms with Crippen molar-refractivity contribution in [3.8, 4) is 5.75 Å². The van der Waals surface area contributed by atoms with E-state index >= 15 is 0 Å². The van der Waals surface area contributed by atoms with Crippen molar-refractivity contribution in [2.75, 3.05) is 7.11 Å². The van der Waals surface area contributed by atoms with Crippen LogP contribution in [-0.2, 0) is 6.42 Å². The quantitative estimate of drug-likeness (QED) is 0.912. The SMILES string of the molecule is COc1cc(C(O)Cc2ccccc2Cl)ccc1Cl. The van der Waals surface area contributed by atoms with Gasteiger partial charge in [0, 0.05) is 11.4 Å². The summed E-state index contributed by atoms with van der Waals surface area (Å²) in [5.41, 5.74) is 1.66. The second-order valence-corrected chi connectivity index (χ2v) is 5.02. The molecule has 0 radical (unpaired) electrons. The monoisotopic (exact) mass is 296 g/mol. The van der Waals surface area contributed by atoms with Gasteiger partial charge in [0.25, 0.3) is 0 Å². The third-order valence-corrected chi connectivity index (χ3v) is 3.61. The Morgan fingerprint density at radius 1 is 1.11 bits per heavy atom. The van der Waals surface area contributed by atoms with Crippen LogP contribution < -0.4 is 4.74 Å². The van der Waals surface area contributed by atoms with Crippen LogP contribution in [0.3, 0.4) is 0 Å². The van der Waals surface area contributed by atoms with Crippen molar-refractivity contribution in [3.63, 3.8) is 0 Å². The van der Waals surface area contributed by atoms with Gasteiger partial charge in [0.05, 0.1) is 18.2 Å². The predicted octanol–water partition coefficient (Wildman–Crippen LogP) is 4.28. The highest BCUT2D eigenvalue weighted by atomic mass is 35.5. The number of ether oxygens (including phenoxy) is 1. The van der Waals surface area contributed by atoms with Crippen molar-refractivity contribution >= 4 is 23.2 Å². The number of hydrogen-bond acceptors (Lipinski definition) is 2. The summed E-state index contributed by atoms with van der Waals surface area (Å²) in [6.07, 6.45) is -0.198. The van der Waals surface area contributed by atoms with Gasteiger partial charge in [-0.3, -0.25) is 0 Å². The molecule has 100 valence electrons. The molecule has 4 heteroatoms. The van der Waals surface area contributed by atoms with E-state index in [0.717, 1.165) is 11.1 Å². The fraction of sp³-hybridized carbons (Fsp3) is 0.200. The molecule has 2 aromatic rings. The van der Waals surface area contributed by atoms with Crippen LogP contribution >= 0.6 is 23.2 Å². The summed E-state index contributed by atoms with van der Waals surface area (Å²) in [5.74, 6) is 0.553. The number of benzene rings is 2. The fourth-order valence-corrected chi connectivity index (χ4v) is 2.28. The van der Waals surface area contributed by atoms with Gasteiger partial charge in [-0.15, -0.1) is 0 Å². The lowest BCUT2D eigenvalue weighted by molar-refractivity contribution is 0.178. The molecule has 0 heterocycles. The van der Waals surface area contributed by atoms with E-state index < -0.39 is 6.10 Å². The average Bonchev–Trinajstić information content (AvgIpc) is 2.42. The lowest BCUT2D eigenvalue weighted by Gasteiger charge is -2.14. The van der Waals surface area contributed by atoms with E-state index in [1.165, 1.54) is 0 Å². The molecule has 0 saturated carbocycles. The highest BCUT2D eigenvalue weighted by Crippen LogP contribution is 2.30. The molecular formula is C15H14Cl2O2. The lowest BCUT2D eigenvalue weighted by Crippen LogP contribution is -2.02. The van der Waals surface area contributed by atoms with Gasteiger partial charge in [-0.2, -0.15) is 0 Å². The smallest absolute Gasteiger partial charge is 0.137 e. The molecule has 19 heavy (non-hydrogen) atoms. The second-order valence-electron chi connectivity index (χ2n) is 4.21. The molecule has 0 amide bonds.